The summed E-state index contributed by atoms with van der Waals surface area (Å²) in [5, 5.41) is 19.3. The average molecular weight is 254 g/mol. The summed E-state index contributed by atoms with van der Waals surface area (Å²) in [4.78, 5) is 18.2. The Hall–Kier alpha value is -2.82. The van der Waals surface area contributed by atoms with Gasteiger partial charge in [0.15, 0.2) is 0 Å². The molecule has 0 aliphatic heterocycles. The summed E-state index contributed by atoms with van der Waals surface area (Å²) in [6.07, 6.45) is 3.21. The van der Waals surface area contributed by atoms with Crippen molar-refractivity contribution in [2.24, 2.45) is 0 Å². The lowest BCUT2D eigenvalue weighted by atomic mass is 10.1. The molecule has 0 spiro atoms. The molecule has 3 rings (SSSR count). The molecule has 0 bridgehead atoms. The molecule has 0 aliphatic rings. The zero-order valence-corrected chi connectivity index (χ0v) is 9.79. The van der Waals surface area contributed by atoms with Crippen LogP contribution in [0.25, 0.3) is 22.2 Å². The molecular formula is C14H10N2O3. The summed E-state index contributed by atoms with van der Waals surface area (Å²) in [6.45, 7) is 0. The van der Waals surface area contributed by atoms with Crippen molar-refractivity contribution < 1.29 is 15.0 Å². The molecule has 0 aliphatic carbocycles. The smallest absolute Gasteiger partial charge is 0.335 e. The van der Waals surface area contributed by atoms with Crippen LogP contribution < -0.4 is 0 Å². The zero-order valence-electron chi connectivity index (χ0n) is 9.79. The van der Waals surface area contributed by atoms with E-state index in [4.69, 9.17) is 5.11 Å². The van der Waals surface area contributed by atoms with Gasteiger partial charge in [0.25, 0.3) is 0 Å². The van der Waals surface area contributed by atoms with Crippen LogP contribution in [-0.4, -0.2) is 26.2 Å². The number of carbonyl (C=O) groups is 1. The molecule has 0 saturated heterocycles. The zero-order chi connectivity index (χ0) is 13.4. The highest BCUT2D eigenvalue weighted by atomic mass is 16.4. The van der Waals surface area contributed by atoms with Crippen molar-refractivity contribution in [3.63, 3.8) is 0 Å². The van der Waals surface area contributed by atoms with E-state index in [1.54, 1.807) is 24.4 Å². The maximum Gasteiger partial charge on any atom is 0.335 e. The molecule has 2 aromatic heterocycles. The van der Waals surface area contributed by atoms with Gasteiger partial charge >= 0.3 is 5.97 Å². The van der Waals surface area contributed by atoms with Crippen molar-refractivity contribution in [1.82, 2.24) is 9.97 Å². The number of rotatable bonds is 2. The molecule has 0 unspecified atom stereocenters. The lowest BCUT2D eigenvalue weighted by Gasteiger charge is -2.01. The molecule has 0 atom stereocenters. The number of hydrogen-bond acceptors (Lipinski definition) is 3. The number of H-pyrrole nitrogens is 1. The third-order valence-corrected chi connectivity index (χ3v) is 2.95. The second-order valence-electron chi connectivity index (χ2n) is 4.17. The van der Waals surface area contributed by atoms with Crippen LogP contribution in [0.5, 0.6) is 5.75 Å². The summed E-state index contributed by atoms with van der Waals surface area (Å²) >= 11 is 0. The minimum Gasteiger partial charge on any atom is -0.508 e. The molecule has 1 aromatic carbocycles. The number of pyridine rings is 1. The van der Waals surface area contributed by atoms with Gasteiger partial charge in [0, 0.05) is 28.9 Å². The first-order chi connectivity index (χ1) is 9.15. The number of aromatic carboxylic acids is 1. The van der Waals surface area contributed by atoms with Gasteiger partial charge in [0.05, 0.1) is 11.3 Å². The number of nitrogens with one attached hydrogen (secondary N) is 1. The minimum atomic E-state index is -0.994. The summed E-state index contributed by atoms with van der Waals surface area (Å²) < 4.78 is 0. The van der Waals surface area contributed by atoms with Crippen molar-refractivity contribution in [2.45, 2.75) is 0 Å². The molecule has 94 valence electrons. The van der Waals surface area contributed by atoms with Gasteiger partial charge in [0.2, 0.25) is 0 Å². The Labute approximate surface area is 108 Å². The highest BCUT2D eigenvalue weighted by Gasteiger charge is 2.10. The van der Waals surface area contributed by atoms with Gasteiger partial charge in [-0.2, -0.15) is 0 Å². The van der Waals surface area contributed by atoms with Crippen molar-refractivity contribution >= 4 is 16.9 Å². The Morgan fingerprint density at radius 1 is 1.21 bits per heavy atom. The summed E-state index contributed by atoms with van der Waals surface area (Å²) in [5.41, 5.74) is 2.35. The highest BCUT2D eigenvalue weighted by molar-refractivity contribution is 5.97. The van der Waals surface area contributed by atoms with Gasteiger partial charge in [-0.1, -0.05) is 0 Å². The SMILES string of the molecule is O=C(O)c1ccnc(-c2c[nH]c3ccc(O)cc23)c1. The van der Waals surface area contributed by atoms with Crippen LogP contribution in [-0.2, 0) is 0 Å². The van der Waals surface area contributed by atoms with Gasteiger partial charge in [0.1, 0.15) is 5.75 Å². The molecule has 3 aromatic rings. The number of aromatic nitrogens is 2. The van der Waals surface area contributed by atoms with E-state index in [-0.39, 0.29) is 11.3 Å². The number of carboxylic acids is 1. The van der Waals surface area contributed by atoms with Gasteiger partial charge in [-0.15, -0.1) is 0 Å². The maximum atomic E-state index is 11.0. The van der Waals surface area contributed by atoms with Crippen LogP contribution in [0.3, 0.4) is 0 Å². The fourth-order valence-electron chi connectivity index (χ4n) is 2.03. The van der Waals surface area contributed by atoms with Gasteiger partial charge in [-0.3, -0.25) is 4.98 Å². The third-order valence-electron chi connectivity index (χ3n) is 2.95. The lowest BCUT2D eigenvalue weighted by molar-refractivity contribution is 0.0697. The number of aromatic hydroxyl groups is 1. The second-order valence-corrected chi connectivity index (χ2v) is 4.17. The van der Waals surface area contributed by atoms with Gasteiger partial charge in [-0.25, -0.2) is 4.79 Å². The van der Waals surface area contributed by atoms with Crippen molar-refractivity contribution in [3.05, 3.63) is 48.3 Å². The van der Waals surface area contributed by atoms with Crippen LogP contribution in [0.2, 0.25) is 0 Å². The summed E-state index contributed by atoms with van der Waals surface area (Å²) in [5.74, 6) is -0.839. The van der Waals surface area contributed by atoms with Crippen molar-refractivity contribution in [1.29, 1.82) is 0 Å². The maximum absolute atomic E-state index is 11.0. The predicted octanol–water partition coefficient (Wildman–Crippen LogP) is 2.63. The summed E-state index contributed by atoms with van der Waals surface area (Å²) in [6, 6.07) is 7.92. The Balaban J connectivity index is 2.21. The molecule has 2 heterocycles. The first-order valence-electron chi connectivity index (χ1n) is 5.65. The Kier molecular flexibility index (Phi) is 2.45. The summed E-state index contributed by atoms with van der Waals surface area (Å²) in [7, 11) is 0. The van der Waals surface area contributed by atoms with Gasteiger partial charge in [-0.05, 0) is 30.3 Å². The minimum absolute atomic E-state index is 0.155. The Morgan fingerprint density at radius 2 is 2.05 bits per heavy atom. The third kappa shape index (κ3) is 1.91. The fourth-order valence-corrected chi connectivity index (χ4v) is 2.03. The first-order valence-corrected chi connectivity index (χ1v) is 5.65. The van der Waals surface area contributed by atoms with Crippen LogP contribution in [0.4, 0.5) is 0 Å². The fraction of sp³-hybridized carbons (Fsp3) is 0. The molecule has 5 nitrogen and oxygen atoms in total. The van der Waals surface area contributed by atoms with Crippen LogP contribution in [0.1, 0.15) is 10.4 Å². The van der Waals surface area contributed by atoms with Gasteiger partial charge < -0.3 is 15.2 Å². The monoisotopic (exact) mass is 254 g/mol. The standard InChI is InChI=1S/C14H10N2O3/c17-9-1-2-12-10(6-9)11(7-16-12)13-5-8(14(18)19)3-4-15-13/h1-7,16-17H,(H,18,19). The van der Waals surface area contributed by atoms with Crippen LogP contribution in [0.15, 0.2) is 42.7 Å². The van der Waals surface area contributed by atoms with Crippen molar-refractivity contribution in [2.75, 3.05) is 0 Å². The first kappa shape index (κ1) is 11.3. The van der Waals surface area contributed by atoms with E-state index in [1.807, 2.05) is 0 Å². The van der Waals surface area contributed by atoms with E-state index < -0.39 is 5.97 Å². The normalized spacial score (nSPS) is 10.7. The Bertz CT molecular complexity index is 777. The van der Waals surface area contributed by atoms with Crippen LogP contribution >= 0.6 is 0 Å². The average Bonchev–Trinajstić information content (AvgIpc) is 2.81. The Morgan fingerprint density at radius 3 is 2.84 bits per heavy atom. The van der Waals surface area contributed by atoms with E-state index >= 15 is 0 Å². The van der Waals surface area contributed by atoms with E-state index in [2.05, 4.69) is 9.97 Å². The number of hydrogen-bond donors (Lipinski definition) is 3. The number of phenolic OH excluding ortho intramolecular Hbond substituents is 1. The van der Waals surface area contributed by atoms with Crippen LogP contribution in [0, 0.1) is 0 Å². The molecule has 0 radical (unpaired) electrons. The lowest BCUT2D eigenvalue weighted by Crippen LogP contribution is -1.96. The van der Waals surface area contributed by atoms with Crippen molar-refractivity contribution in [3.8, 4) is 17.0 Å². The molecule has 3 N–H and O–H groups in total. The molecular weight excluding hydrogens is 244 g/mol. The van der Waals surface area contributed by atoms with E-state index in [1.165, 1.54) is 18.3 Å². The predicted molar refractivity (Wildman–Crippen MR) is 70.2 cm³/mol. The number of nitrogens with zero attached hydrogens (tertiary/aromatic N) is 1. The second kappa shape index (κ2) is 4.13. The quantitative estimate of drug-likeness (QED) is 0.656. The van der Waals surface area contributed by atoms with E-state index in [0.29, 0.717) is 5.69 Å². The molecule has 5 heteroatoms. The highest BCUT2D eigenvalue weighted by Crippen LogP contribution is 2.30. The number of fused-ring (bicyclic) bond motifs is 1. The molecule has 0 amide bonds. The molecule has 0 saturated carbocycles. The largest absolute Gasteiger partial charge is 0.508 e. The van der Waals surface area contributed by atoms with E-state index in [0.717, 1.165) is 16.5 Å². The van der Waals surface area contributed by atoms with E-state index in [9.17, 15) is 9.90 Å². The topological polar surface area (TPSA) is 86.2 Å². The molecule has 0 fully saturated rings. The number of benzene rings is 1. The number of phenols is 1. The number of carboxylic acid groups (broad SMARTS) is 1. The number of aromatic amines is 1. The molecule has 19 heavy (non-hydrogen) atoms.